The molecule has 0 aromatic heterocycles. The summed E-state index contributed by atoms with van der Waals surface area (Å²) in [5, 5.41) is 0.623. The van der Waals surface area contributed by atoms with Gasteiger partial charge in [-0.05, 0) is 92.3 Å². The Kier molecular flexibility index (Phi) is 6.61. The third kappa shape index (κ3) is 3.76. The number of fused-ring (bicyclic) bond motifs is 5. The molecule has 0 aromatic carbocycles. The number of hydrogen-bond donors (Lipinski definition) is 1. The lowest BCUT2D eigenvalue weighted by Gasteiger charge is -2.58. The van der Waals surface area contributed by atoms with Crippen LogP contribution in [0, 0.1) is 34.5 Å². The zero-order valence-corrected chi connectivity index (χ0v) is 19.9. The molecule has 0 nitrogen and oxygen atoms in total. The molecule has 0 amide bonds. The van der Waals surface area contributed by atoms with E-state index < -0.39 is 0 Å². The summed E-state index contributed by atoms with van der Waals surface area (Å²) in [5.74, 6) is 3.99. The van der Waals surface area contributed by atoms with Crippen LogP contribution in [-0.4, -0.2) is 5.25 Å². The zero-order chi connectivity index (χ0) is 19.8. The van der Waals surface area contributed by atoms with Crippen molar-refractivity contribution in [2.24, 2.45) is 34.5 Å². The fourth-order valence-electron chi connectivity index (χ4n) is 8.40. The first-order valence-corrected chi connectivity index (χ1v) is 13.4. The van der Waals surface area contributed by atoms with Gasteiger partial charge in [-0.3, -0.25) is 0 Å². The number of hydrogen-bond acceptors (Lipinski definition) is 1. The first-order chi connectivity index (χ1) is 13.5. The highest BCUT2D eigenvalue weighted by atomic mass is 32.1. The Bertz CT molecular complexity index is 565. The molecule has 28 heavy (non-hydrogen) atoms. The predicted octanol–water partition coefficient (Wildman–Crippen LogP) is 8.61. The molecule has 1 heteroatoms. The van der Waals surface area contributed by atoms with E-state index in [1.807, 2.05) is 0 Å². The van der Waals surface area contributed by atoms with Gasteiger partial charge < -0.3 is 0 Å². The summed E-state index contributed by atoms with van der Waals surface area (Å²) in [6.45, 7) is 7.68. The number of allylic oxidation sites excluding steroid dienone is 2. The Morgan fingerprint density at radius 2 is 1.71 bits per heavy atom. The highest BCUT2D eigenvalue weighted by molar-refractivity contribution is 7.80. The third-order valence-electron chi connectivity index (χ3n) is 10.2. The highest BCUT2D eigenvalue weighted by Gasteiger charge is 2.58. The summed E-state index contributed by atoms with van der Waals surface area (Å²) in [4.78, 5) is 0. The van der Waals surface area contributed by atoms with Crippen molar-refractivity contribution in [1.29, 1.82) is 0 Å². The van der Waals surface area contributed by atoms with E-state index in [1.165, 1.54) is 96.3 Å². The topological polar surface area (TPSA) is 0 Å². The molecular formula is C27H46S. The van der Waals surface area contributed by atoms with Gasteiger partial charge in [0.1, 0.15) is 0 Å². The minimum atomic E-state index is 0.515. The fraction of sp³-hybridized carbons (Fsp3) is 0.926. The third-order valence-corrected chi connectivity index (χ3v) is 10.6. The average molecular weight is 403 g/mol. The number of unbranched alkanes of at least 4 members (excludes halogenated alkanes) is 5. The maximum atomic E-state index is 4.84. The lowest BCUT2D eigenvalue weighted by molar-refractivity contribution is -0.0421. The van der Waals surface area contributed by atoms with Crippen LogP contribution in [0.2, 0.25) is 0 Å². The molecule has 0 heterocycles. The predicted molar refractivity (Wildman–Crippen MR) is 126 cm³/mol. The van der Waals surface area contributed by atoms with E-state index in [-0.39, 0.29) is 0 Å². The molecule has 0 unspecified atom stereocenters. The van der Waals surface area contributed by atoms with Crippen LogP contribution in [0.1, 0.15) is 117 Å². The normalized spacial score (nSPS) is 45.1. The average Bonchev–Trinajstić information content (AvgIpc) is 3.01. The van der Waals surface area contributed by atoms with E-state index in [0.29, 0.717) is 16.1 Å². The van der Waals surface area contributed by atoms with Crippen molar-refractivity contribution >= 4 is 12.6 Å². The molecule has 4 aliphatic carbocycles. The van der Waals surface area contributed by atoms with Crippen molar-refractivity contribution in [3.8, 4) is 0 Å². The lowest BCUT2D eigenvalue weighted by Crippen LogP contribution is -2.50. The van der Waals surface area contributed by atoms with E-state index in [4.69, 9.17) is 12.6 Å². The van der Waals surface area contributed by atoms with Crippen molar-refractivity contribution in [3.05, 3.63) is 11.6 Å². The van der Waals surface area contributed by atoms with Crippen molar-refractivity contribution in [1.82, 2.24) is 0 Å². The van der Waals surface area contributed by atoms with Gasteiger partial charge >= 0.3 is 0 Å². The van der Waals surface area contributed by atoms with Gasteiger partial charge in [0.2, 0.25) is 0 Å². The van der Waals surface area contributed by atoms with Crippen LogP contribution in [0.3, 0.4) is 0 Å². The molecule has 4 rings (SSSR count). The lowest BCUT2D eigenvalue weighted by atomic mass is 9.47. The maximum absolute atomic E-state index is 4.84. The summed E-state index contributed by atoms with van der Waals surface area (Å²) in [6, 6.07) is 0. The molecule has 0 radical (unpaired) electrons. The van der Waals surface area contributed by atoms with Gasteiger partial charge in [-0.15, -0.1) is 0 Å². The molecule has 4 aliphatic rings. The monoisotopic (exact) mass is 402 g/mol. The van der Waals surface area contributed by atoms with Crippen molar-refractivity contribution in [2.75, 3.05) is 0 Å². The Labute approximate surface area is 181 Å². The van der Waals surface area contributed by atoms with Crippen LogP contribution in [-0.2, 0) is 0 Å². The van der Waals surface area contributed by atoms with Gasteiger partial charge in [0.25, 0.3) is 0 Å². The summed E-state index contributed by atoms with van der Waals surface area (Å²) in [6.07, 6.45) is 24.5. The minimum absolute atomic E-state index is 0.515. The van der Waals surface area contributed by atoms with Gasteiger partial charge in [0.05, 0.1) is 0 Å². The Hall–Kier alpha value is 0.0900. The van der Waals surface area contributed by atoms with Crippen LogP contribution < -0.4 is 0 Å². The number of thiol groups is 1. The van der Waals surface area contributed by atoms with E-state index in [1.54, 1.807) is 5.57 Å². The molecule has 0 aromatic rings. The van der Waals surface area contributed by atoms with Gasteiger partial charge in [-0.25, -0.2) is 0 Å². The van der Waals surface area contributed by atoms with Crippen molar-refractivity contribution in [3.63, 3.8) is 0 Å². The molecule has 0 saturated heterocycles. The summed E-state index contributed by atoms with van der Waals surface area (Å²) in [5.41, 5.74) is 2.97. The van der Waals surface area contributed by atoms with E-state index in [2.05, 4.69) is 26.8 Å². The van der Waals surface area contributed by atoms with Crippen molar-refractivity contribution < 1.29 is 0 Å². The molecule has 0 N–H and O–H groups in total. The van der Waals surface area contributed by atoms with Gasteiger partial charge in [0, 0.05) is 5.25 Å². The van der Waals surface area contributed by atoms with E-state index >= 15 is 0 Å². The Morgan fingerprint density at radius 3 is 2.54 bits per heavy atom. The second-order valence-electron chi connectivity index (χ2n) is 11.5. The second-order valence-corrected chi connectivity index (χ2v) is 12.3. The molecule has 0 spiro atoms. The molecule has 0 aliphatic heterocycles. The smallest absolute Gasteiger partial charge is 0.00545 e. The fourth-order valence-corrected chi connectivity index (χ4v) is 8.72. The van der Waals surface area contributed by atoms with Gasteiger partial charge in [-0.1, -0.05) is 70.9 Å². The van der Waals surface area contributed by atoms with Gasteiger partial charge in [0.15, 0.2) is 0 Å². The van der Waals surface area contributed by atoms with Crippen LogP contribution in [0.15, 0.2) is 11.6 Å². The second kappa shape index (κ2) is 8.68. The summed E-state index contributed by atoms with van der Waals surface area (Å²) >= 11 is 4.84. The summed E-state index contributed by atoms with van der Waals surface area (Å²) < 4.78 is 0. The first-order valence-electron chi connectivity index (χ1n) is 12.9. The van der Waals surface area contributed by atoms with Crippen molar-refractivity contribution in [2.45, 2.75) is 122 Å². The molecule has 3 saturated carbocycles. The Balaban J connectivity index is 1.39. The molecular weight excluding hydrogens is 356 g/mol. The highest BCUT2D eigenvalue weighted by Crippen LogP contribution is 2.66. The summed E-state index contributed by atoms with van der Waals surface area (Å²) in [7, 11) is 0. The van der Waals surface area contributed by atoms with Crippen LogP contribution in [0.5, 0.6) is 0 Å². The molecule has 3 fully saturated rings. The molecule has 0 bridgehead atoms. The Morgan fingerprint density at radius 1 is 0.929 bits per heavy atom. The number of rotatable bonds is 7. The standard InChI is InChI=1S/C27H46S/c1-4-5-6-7-8-9-10-20-12-14-24-23-13-11-21-19-22(28)15-17-27(21,3)25(23)16-18-26(20,24)2/h11,20,22-25,28H,4-10,12-19H2,1-3H3/t20-,22+,23-,24+,25-,26-,27+/m1/s1. The first kappa shape index (κ1) is 21.3. The maximum Gasteiger partial charge on any atom is 0.00545 e. The van der Waals surface area contributed by atoms with Crippen LogP contribution in [0.4, 0.5) is 0 Å². The molecule has 7 atom stereocenters. The quantitative estimate of drug-likeness (QED) is 0.246. The zero-order valence-electron chi connectivity index (χ0n) is 19.0. The van der Waals surface area contributed by atoms with Gasteiger partial charge in [-0.2, -0.15) is 12.6 Å². The van der Waals surface area contributed by atoms with E-state index in [0.717, 1.165) is 23.7 Å². The van der Waals surface area contributed by atoms with Crippen LogP contribution >= 0.6 is 12.6 Å². The largest absolute Gasteiger partial charge is 0.176 e. The van der Waals surface area contributed by atoms with E-state index in [9.17, 15) is 0 Å². The van der Waals surface area contributed by atoms with Crippen LogP contribution in [0.25, 0.3) is 0 Å². The minimum Gasteiger partial charge on any atom is -0.176 e. The molecule has 160 valence electrons. The SMILES string of the molecule is CCCCCCCC[C@@H]1CC[C@H]2[C@H]3CC=C4C[C@@H](S)CC[C@]4(C)[C@@H]3CC[C@]12C.